The Kier molecular flexibility index (Phi) is 6.81. The van der Waals surface area contributed by atoms with Gasteiger partial charge in [0.2, 0.25) is 5.91 Å². The van der Waals surface area contributed by atoms with Crippen LogP contribution in [0.25, 0.3) is 0 Å². The predicted molar refractivity (Wildman–Crippen MR) is 97.6 cm³/mol. The average molecular weight is 364 g/mol. The van der Waals surface area contributed by atoms with Crippen molar-refractivity contribution in [3.8, 4) is 0 Å². The van der Waals surface area contributed by atoms with Crippen LogP contribution in [0.5, 0.6) is 0 Å². The van der Waals surface area contributed by atoms with Crippen molar-refractivity contribution in [2.45, 2.75) is 36.8 Å². The van der Waals surface area contributed by atoms with Gasteiger partial charge in [-0.2, -0.15) is 0 Å². The summed E-state index contributed by atoms with van der Waals surface area (Å²) in [5.41, 5.74) is 2.55. The minimum Gasteiger partial charge on any atom is -0.466 e. The first-order chi connectivity index (χ1) is 11.5. The Labute approximate surface area is 149 Å². The number of benzene rings is 1. The number of aromatic nitrogens is 1. The van der Waals surface area contributed by atoms with Gasteiger partial charge >= 0.3 is 5.97 Å². The molecule has 1 amide bonds. The van der Waals surface area contributed by atoms with E-state index in [-0.39, 0.29) is 23.5 Å². The monoisotopic (exact) mass is 364 g/mol. The maximum atomic E-state index is 12.3. The van der Waals surface area contributed by atoms with E-state index in [1.807, 2.05) is 43.5 Å². The van der Waals surface area contributed by atoms with Crippen LogP contribution in [0.4, 0.5) is 5.69 Å². The number of amides is 1. The van der Waals surface area contributed by atoms with E-state index in [1.165, 1.54) is 23.1 Å². The van der Waals surface area contributed by atoms with Gasteiger partial charge < -0.3 is 10.1 Å². The summed E-state index contributed by atoms with van der Waals surface area (Å²) in [6.07, 6.45) is 0.161. The fraction of sp³-hybridized carbons (Fsp3) is 0.353. The molecule has 0 saturated carbocycles. The molecular weight excluding hydrogens is 344 g/mol. The number of hydrogen-bond acceptors (Lipinski definition) is 6. The van der Waals surface area contributed by atoms with Crippen LogP contribution in [0.15, 0.2) is 34.0 Å². The van der Waals surface area contributed by atoms with E-state index >= 15 is 0 Å². The number of nitrogens with one attached hydrogen (secondary N) is 1. The molecule has 1 aromatic heterocycles. The van der Waals surface area contributed by atoms with Gasteiger partial charge in [-0.3, -0.25) is 9.59 Å². The highest BCUT2D eigenvalue weighted by atomic mass is 32.2. The van der Waals surface area contributed by atoms with Crippen LogP contribution in [0.1, 0.15) is 25.1 Å². The zero-order chi connectivity index (χ0) is 17.5. The van der Waals surface area contributed by atoms with Crippen molar-refractivity contribution in [3.63, 3.8) is 0 Å². The molecule has 2 aromatic rings. The number of carbonyl (C=O) groups is 2. The Bertz CT molecular complexity index is 715. The van der Waals surface area contributed by atoms with Gasteiger partial charge in [-0.25, -0.2) is 4.98 Å². The smallest absolute Gasteiger partial charge is 0.311 e. The molecule has 0 aliphatic carbocycles. The highest BCUT2D eigenvalue weighted by Gasteiger charge is 2.17. The molecule has 128 valence electrons. The first-order valence-electron chi connectivity index (χ1n) is 7.62. The maximum Gasteiger partial charge on any atom is 0.311 e. The molecule has 2 rings (SSSR count). The fourth-order valence-corrected chi connectivity index (χ4v) is 3.94. The second-order valence-electron chi connectivity index (χ2n) is 5.21. The standard InChI is InChI=1S/C17H20N2O3S2/c1-4-22-15(20)9-14-10-23-17(19-14)24-12(3)16(21)18-13-7-5-6-11(2)8-13/h5-8,10,12H,4,9H2,1-3H3,(H,18,21). The first kappa shape index (κ1) is 18.5. The summed E-state index contributed by atoms with van der Waals surface area (Å²) in [6.45, 7) is 5.95. The molecule has 1 unspecified atom stereocenters. The van der Waals surface area contributed by atoms with Crippen molar-refractivity contribution >= 4 is 40.7 Å². The topological polar surface area (TPSA) is 68.3 Å². The van der Waals surface area contributed by atoms with Crippen LogP contribution in [0.2, 0.25) is 0 Å². The third kappa shape index (κ3) is 5.65. The third-order valence-corrected chi connectivity index (χ3v) is 5.21. The van der Waals surface area contributed by atoms with Gasteiger partial charge in [0.1, 0.15) is 0 Å². The van der Waals surface area contributed by atoms with Crippen molar-refractivity contribution in [2.24, 2.45) is 0 Å². The highest BCUT2D eigenvalue weighted by molar-refractivity contribution is 8.02. The van der Waals surface area contributed by atoms with Gasteiger partial charge in [0.05, 0.1) is 24.0 Å². The van der Waals surface area contributed by atoms with Crippen LogP contribution < -0.4 is 5.32 Å². The zero-order valence-electron chi connectivity index (χ0n) is 13.9. The molecule has 0 bridgehead atoms. The van der Waals surface area contributed by atoms with Gasteiger partial charge in [0, 0.05) is 11.1 Å². The van der Waals surface area contributed by atoms with E-state index in [2.05, 4.69) is 10.3 Å². The second-order valence-corrected chi connectivity index (χ2v) is 7.65. The van der Waals surface area contributed by atoms with E-state index in [9.17, 15) is 9.59 Å². The van der Waals surface area contributed by atoms with Crippen molar-refractivity contribution in [1.29, 1.82) is 0 Å². The molecule has 1 atom stereocenters. The number of anilines is 1. The molecule has 0 spiro atoms. The Morgan fingerprint density at radius 3 is 2.92 bits per heavy atom. The molecule has 24 heavy (non-hydrogen) atoms. The summed E-state index contributed by atoms with van der Waals surface area (Å²) in [7, 11) is 0. The van der Waals surface area contributed by atoms with Crippen molar-refractivity contribution < 1.29 is 14.3 Å². The molecule has 1 aromatic carbocycles. The Morgan fingerprint density at radius 1 is 1.42 bits per heavy atom. The quantitative estimate of drug-likeness (QED) is 0.600. The SMILES string of the molecule is CCOC(=O)Cc1csc(SC(C)C(=O)Nc2cccc(C)c2)n1. The van der Waals surface area contributed by atoms with Crippen LogP contribution in [-0.2, 0) is 20.7 Å². The summed E-state index contributed by atoms with van der Waals surface area (Å²) in [6, 6.07) is 7.68. The van der Waals surface area contributed by atoms with Crippen molar-refractivity contribution in [2.75, 3.05) is 11.9 Å². The number of thioether (sulfide) groups is 1. The normalized spacial score (nSPS) is 11.8. The minimum absolute atomic E-state index is 0.0762. The molecule has 1 N–H and O–H groups in total. The van der Waals surface area contributed by atoms with Crippen LogP contribution in [0.3, 0.4) is 0 Å². The minimum atomic E-state index is -0.287. The highest BCUT2D eigenvalue weighted by Crippen LogP contribution is 2.27. The number of ether oxygens (including phenoxy) is 1. The number of hydrogen-bond donors (Lipinski definition) is 1. The van der Waals surface area contributed by atoms with Crippen LogP contribution in [0, 0.1) is 6.92 Å². The van der Waals surface area contributed by atoms with E-state index < -0.39 is 0 Å². The summed E-state index contributed by atoms with van der Waals surface area (Å²) in [4.78, 5) is 28.1. The lowest BCUT2D eigenvalue weighted by molar-refractivity contribution is -0.142. The molecular formula is C17H20N2O3S2. The number of esters is 1. The number of carbonyl (C=O) groups excluding carboxylic acids is 2. The summed E-state index contributed by atoms with van der Waals surface area (Å²) in [5, 5.41) is 4.44. The molecule has 0 saturated heterocycles. The van der Waals surface area contributed by atoms with Gasteiger partial charge in [-0.05, 0) is 38.5 Å². The number of nitrogens with zero attached hydrogens (tertiary/aromatic N) is 1. The Hall–Kier alpha value is -1.86. The summed E-state index contributed by atoms with van der Waals surface area (Å²) >= 11 is 2.81. The lowest BCUT2D eigenvalue weighted by Crippen LogP contribution is -2.22. The first-order valence-corrected chi connectivity index (χ1v) is 9.38. The number of rotatable bonds is 7. The van der Waals surface area contributed by atoms with Gasteiger partial charge in [0.25, 0.3) is 0 Å². The molecule has 0 aliphatic heterocycles. The van der Waals surface area contributed by atoms with E-state index in [0.29, 0.717) is 12.3 Å². The predicted octanol–water partition coefficient (Wildman–Crippen LogP) is 3.68. The summed E-state index contributed by atoms with van der Waals surface area (Å²) in [5.74, 6) is -0.364. The lowest BCUT2D eigenvalue weighted by Gasteiger charge is -2.10. The maximum absolute atomic E-state index is 12.3. The Morgan fingerprint density at radius 2 is 2.21 bits per heavy atom. The molecule has 1 heterocycles. The van der Waals surface area contributed by atoms with Crippen molar-refractivity contribution in [3.05, 3.63) is 40.9 Å². The number of aryl methyl sites for hydroxylation is 1. The average Bonchev–Trinajstić information content (AvgIpc) is 2.94. The van der Waals surface area contributed by atoms with E-state index in [4.69, 9.17) is 4.74 Å². The molecule has 5 nitrogen and oxygen atoms in total. The second kappa shape index (κ2) is 8.84. The van der Waals surface area contributed by atoms with Crippen molar-refractivity contribution in [1.82, 2.24) is 4.98 Å². The number of thiazole rings is 1. The lowest BCUT2D eigenvalue weighted by atomic mass is 10.2. The van der Waals surface area contributed by atoms with Gasteiger partial charge in [0.15, 0.2) is 4.34 Å². The molecule has 0 aliphatic rings. The van der Waals surface area contributed by atoms with Crippen LogP contribution >= 0.6 is 23.1 Å². The Balaban J connectivity index is 1.89. The fourth-order valence-electron chi connectivity index (χ4n) is 1.96. The molecule has 7 heteroatoms. The molecule has 0 fully saturated rings. The van der Waals surface area contributed by atoms with Gasteiger partial charge in [-0.1, -0.05) is 23.9 Å². The van der Waals surface area contributed by atoms with Gasteiger partial charge in [-0.15, -0.1) is 11.3 Å². The van der Waals surface area contributed by atoms with Crippen LogP contribution in [-0.4, -0.2) is 28.7 Å². The molecule has 0 radical (unpaired) electrons. The third-order valence-electron chi connectivity index (χ3n) is 3.09. The van der Waals surface area contributed by atoms with E-state index in [0.717, 1.165) is 15.6 Å². The summed E-state index contributed by atoms with van der Waals surface area (Å²) < 4.78 is 5.67. The zero-order valence-corrected chi connectivity index (χ0v) is 15.5. The van der Waals surface area contributed by atoms with E-state index in [1.54, 1.807) is 6.92 Å². The largest absolute Gasteiger partial charge is 0.466 e.